The zero-order chi connectivity index (χ0) is 17.3. The molecule has 0 nitrogen and oxygen atoms in total. The molecule has 1 atom stereocenters. The van der Waals surface area contributed by atoms with Gasteiger partial charge >= 0.3 is 0 Å². The standard InChI is InChI=1S/C23H32/c1-8-19(17-12-10-9-11-13-17)20-16-18(22(2,3)4)14-15-21(20)23(5,6)7/h9-16,19H,8H2,1-7H3. The van der Waals surface area contributed by atoms with Crippen LogP contribution >= 0.6 is 0 Å². The second-order valence-electron chi connectivity index (χ2n) is 8.67. The lowest BCUT2D eigenvalue weighted by atomic mass is 9.74. The average molecular weight is 309 g/mol. The molecular weight excluding hydrogens is 276 g/mol. The maximum atomic E-state index is 2.46. The Morgan fingerprint density at radius 2 is 1.39 bits per heavy atom. The van der Waals surface area contributed by atoms with Gasteiger partial charge in [0.25, 0.3) is 0 Å². The largest absolute Gasteiger partial charge is 0.0645 e. The van der Waals surface area contributed by atoms with Crippen LogP contribution in [-0.4, -0.2) is 0 Å². The van der Waals surface area contributed by atoms with E-state index in [0.717, 1.165) is 6.42 Å². The van der Waals surface area contributed by atoms with Gasteiger partial charge in [0.15, 0.2) is 0 Å². The molecule has 2 aromatic rings. The Morgan fingerprint density at radius 1 is 0.783 bits per heavy atom. The van der Waals surface area contributed by atoms with Gasteiger partial charge in [0.2, 0.25) is 0 Å². The Labute approximate surface area is 143 Å². The van der Waals surface area contributed by atoms with E-state index in [4.69, 9.17) is 0 Å². The molecule has 0 saturated carbocycles. The van der Waals surface area contributed by atoms with Crippen LogP contribution in [0.1, 0.15) is 83.1 Å². The van der Waals surface area contributed by atoms with Gasteiger partial charge in [0, 0.05) is 5.92 Å². The van der Waals surface area contributed by atoms with Crippen LogP contribution in [0.4, 0.5) is 0 Å². The van der Waals surface area contributed by atoms with Crippen molar-refractivity contribution in [2.24, 2.45) is 0 Å². The van der Waals surface area contributed by atoms with Gasteiger partial charge in [0.05, 0.1) is 0 Å². The lowest BCUT2D eigenvalue weighted by molar-refractivity contribution is 0.563. The SMILES string of the molecule is CCC(c1ccccc1)c1cc(C(C)(C)C)ccc1C(C)(C)C. The van der Waals surface area contributed by atoms with Crippen LogP contribution in [0.3, 0.4) is 0 Å². The van der Waals surface area contributed by atoms with E-state index >= 15 is 0 Å². The summed E-state index contributed by atoms with van der Waals surface area (Å²) in [5.74, 6) is 0.465. The van der Waals surface area contributed by atoms with Crippen LogP contribution in [0, 0.1) is 0 Å². The highest BCUT2D eigenvalue weighted by molar-refractivity contribution is 5.45. The quantitative estimate of drug-likeness (QED) is 0.583. The van der Waals surface area contributed by atoms with Crippen molar-refractivity contribution in [1.82, 2.24) is 0 Å². The predicted molar refractivity (Wildman–Crippen MR) is 102 cm³/mol. The molecule has 0 aromatic heterocycles. The minimum absolute atomic E-state index is 0.161. The fraction of sp³-hybridized carbons (Fsp3) is 0.478. The van der Waals surface area contributed by atoms with Crippen molar-refractivity contribution in [2.45, 2.75) is 71.6 Å². The molecule has 0 aliphatic rings. The Morgan fingerprint density at radius 3 is 1.87 bits per heavy atom. The van der Waals surface area contributed by atoms with Crippen molar-refractivity contribution in [3.8, 4) is 0 Å². The highest BCUT2D eigenvalue weighted by atomic mass is 14.3. The van der Waals surface area contributed by atoms with Crippen LogP contribution in [0.5, 0.6) is 0 Å². The Hall–Kier alpha value is -1.56. The maximum Gasteiger partial charge on any atom is 0.00897 e. The Balaban J connectivity index is 2.65. The van der Waals surface area contributed by atoms with Gasteiger partial charge in [-0.1, -0.05) is 97.0 Å². The van der Waals surface area contributed by atoms with E-state index in [-0.39, 0.29) is 10.8 Å². The summed E-state index contributed by atoms with van der Waals surface area (Å²) in [6.07, 6.45) is 1.13. The van der Waals surface area contributed by atoms with E-state index in [0.29, 0.717) is 5.92 Å². The van der Waals surface area contributed by atoms with E-state index in [9.17, 15) is 0 Å². The highest BCUT2D eigenvalue weighted by Gasteiger charge is 2.25. The maximum absolute atomic E-state index is 2.46. The average Bonchev–Trinajstić information content (AvgIpc) is 2.47. The summed E-state index contributed by atoms with van der Waals surface area (Å²) in [5, 5.41) is 0. The van der Waals surface area contributed by atoms with Crippen LogP contribution in [-0.2, 0) is 10.8 Å². The lowest BCUT2D eigenvalue weighted by Crippen LogP contribution is -2.19. The summed E-state index contributed by atoms with van der Waals surface area (Å²) in [5.41, 5.74) is 6.16. The molecule has 0 aliphatic carbocycles. The minimum Gasteiger partial charge on any atom is -0.0645 e. The summed E-state index contributed by atoms with van der Waals surface area (Å²) in [7, 11) is 0. The molecule has 2 aromatic carbocycles. The summed E-state index contributed by atoms with van der Waals surface area (Å²) in [6, 6.07) is 18.1. The second kappa shape index (κ2) is 6.51. The highest BCUT2D eigenvalue weighted by Crippen LogP contribution is 2.38. The van der Waals surface area contributed by atoms with E-state index in [1.54, 1.807) is 0 Å². The molecule has 0 bridgehead atoms. The molecule has 0 fully saturated rings. The molecule has 0 spiro atoms. The topological polar surface area (TPSA) is 0 Å². The zero-order valence-electron chi connectivity index (χ0n) is 15.9. The van der Waals surface area contributed by atoms with Crippen LogP contribution < -0.4 is 0 Å². The fourth-order valence-corrected chi connectivity index (χ4v) is 3.32. The first-order valence-corrected chi connectivity index (χ1v) is 8.84. The predicted octanol–water partition coefficient (Wildman–Crippen LogP) is 6.82. The first kappa shape index (κ1) is 17.8. The summed E-state index contributed by atoms with van der Waals surface area (Å²) in [4.78, 5) is 0. The smallest absolute Gasteiger partial charge is 0.00897 e. The van der Waals surface area contributed by atoms with Crippen molar-refractivity contribution in [3.05, 3.63) is 70.8 Å². The molecule has 124 valence electrons. The van der Waals surface area contributed by atoms with Crippen molar-refractivity contribution < 1.29 is 0 Å². The number of benzene rings is 2. The molecule has 0 saturated heterocycles. The molecule has 0 radical (unpaired) electrons. The van der Waals surface area contributed by atoms with Gasteiger partial charge < -0.3 is 0 Å². The number of hydrogen-bond donors (Lipinski definition) is 0. The fourth-order valence-electron chi connectivity index (χ4n) is 3.32. The van der Waals surface area contributed by atoms with Crippen molar-refractivity contribution in [2.75, 3.05) is 0 Å². The third-order valence-electron chi connectivity index (χ3n) is 4.71. The summed E-state index contributed by atoms with van der Waals surface area (Å²) < 4.78 is 0. The van der Waals surface area contributed by atoms with Gasteiger partial charge in [-0.2, -0.15) is 0 Å². The summed E-state index contributed by atoms with van der Waals surface area (Å²) >= 11 is 0. The first-order valence-electron chi connectivity index (χ1n) is 8.84. The van der Waals surface area contributed by atoms with Gasteiger partial charge in [-0.15, -0.1) is 0 Å². The van der Waals surface area contributed by atoms with E-state index in [1.165, 1.54) is 22.3 Å². The van der Waals surface area contributed by atoms with Crippen LogP contribution in [0.25, 0.3) is 0 Å². The molecule has 2 rings (SSSR count). The van der Waals surface area contributed by atoms with Gasteiger partial charge in [-0.25, -0.2) is 0 Å². The van der Waals surface area contributed by atoms with Gasteiger partial charge in [-0.05, 0) is 39.5 Å². The minimum atomic E-state index is 0.161. The molecule has 23 heavy (non-hydrogen) atoms. The van der Waals surface area contributed by atoms with Crippen molar-refractivity contribution >= 4 is 0 Å². The molecule has 0 aliphatic heterocycles. The third kappa shape index (κ3) is 4.05. The van der Waals surface area contributed by atoms with Crippen molar-refractivity contribution in [1.29, 1.82) is 0 Å². The van der Waals surface area contributed by atoms with E-state index in [1.807, 2.05) is 0 Å². The van der Waals surface area contributed by atoms with Gasteiger partial charge in [-0.3, -0.25) is 0 Å². The normalized spacial score (nSPS) is 13.9. The third-order valence-corrected chi connectivity index (χ3v) is 4.71. The lowest BCUT2D eigenvalue weighted by Gasteiger charge is -2.30. The van der Waals surface area contributed by atoms with Crippen LogP contribution in [0.15, 0.2) is 48.5 Å². The zero-order valence-corrected chi connectivity index (χ0v) is 15.9. The molecule has 0 amide bonds. The molecular formula is C23H32. The first-order chi connectivity index (χ1) is 10.6. The van der Waals surface area contributed by atoms with Crippen molar-refractivity contribution in [3.63, 3.8) is 0 Å². The monoisotopic (exact) mass is 308 g/mol. The van der Waals surface area contributed by atoms with Gasteiger partial charge in [0.1, 0.15) is 0 Å². The van der Waals surface area contributed by atoms with E-state index < -0.39 is 0 Å². The Kier molecular flexibility index (Phi) is 5.04. The number of rotatable bonds is 3. The molecule has 0 heterocycles. The van der Waals surface area contributed by atoms with Crippen LogP contribution in [0.2, 0.25) is 0 Å². The van der Waals surface area contributed by atoms with E-state index in [2.05, 4.69) is 97.0 Å². The summed E-state index contributed by atoms with van der Waals surface area (Å²) in [6.45, 7) is 16.2. The molecule has 0 heteroatoms. The molecule has 0 N–H and O–H groups in total. The Bertz CT molecular complexity index is 636. The number of hydrogen-bond acceptors (Lipinski definition) is 0. The second-order valence-corrected chi connectivity index (χ2v) is 8.67. The molecule has 1 unspecified atom stereocenters.